The van der Waals surface area contributed by atoms with Crippen molar-refractivity contribution >= 4 is 27.5 Å². The van der Waals surface area contributed by atoms with Crippen LogP contribution in [0, 0.1) is 5.82 Å². The minimum Gasteiger partial charge on any atom is -0.341 e. The van der Waals surface area contributed by atoms with Crippen LogP contribution in [0.3, 0.4) is 0 Å². The van der Waals surface area contributed by atoms with Crippen molar-refractivity contribution in [2.24, 2.45) is 0 Å². The average Bonchev–Trinajstić information content (AvgIpc) is 3.12. The van der Waals surface area contributed by atoms with Gasteiger partial charge in [0, 0.05) is 25.6 Å². The Labute approximate surface area is 168 Å². The van der Waals surface area contributed by atoms with Crippen molar-refractivity contribution in [3.8, 4) is 0 Å². The number of hydrogen-bond donors (Lipinski definition) is 0. The molecule has 0 saturated carbocycles. The average molecular weight is 398 g/mol. The highest BCUT2D eigenvalue weighted by Gasteiger charge is 2.27. The Kier molecular flexibility index (Phi) is 5.69. The number of likely N-dealkylation sites (tertiary alicyclic amines) is 1. The lowest BCUT2D eigenvalue weighted by Crippen LogP contribution is -2.43. The highest BCUT2D eigenvalue weighted by atomic mass is 32.1. The molecule has 0 unspecified atom stereocenters. The van der Waals surface area contributed by atoms with E-state index in [1.165, 1.54) is 16.8 Å². The zero-order chi connectivity index (χ0) is 19.5. The number of carbonyl (C=O) groups is 1. The number of aromatic nitrogens is 1. The molecule has 146 valence electrons. The summed E-state index contributed by atoms with van der Waals surface area (Å²) in [6, 6.07) is 14.7. The van der Waals surface area contributed by atoms with E-state index >= 15 is 0 Å². The number of benzene rings is 2. The smallest absolute Gasteiger partial charge is 0.236 e. The number of nitrogens with zero attached hydrogens (tertiary/aromatic N) is 3. The molecule has 1 aromatic heterocycles. The van der Waals surface area contributed by atoms with Crippen LogP contribution >= 0.6 is 11.3 Å². The molecule has 1 atom stereocenters. The maximum Gasteiger partial charge on any atom is 0.236 e. The lowest BCUT2D eigenvalue weighted by Gasteiger charge is -2.33. The fourth-order valence-corrected chi connectivity index (χ4v) is 4.90. The van der Waals surface area contributed by atoms with Crippen molar-refractivity contribution in [1.82, 2.24) is 14.8 Å². The third-order valence-corrected chi connectivity index (χ3v) is 6.38. The summed E-state index contributed by atoms with van der Waals surface area (Å²) in [6.45, 7) is 2.42. The molecule has 4 nitrogen and oxygen atoms in total. The molecule has 1 aliphatic heterocycles. The van der Waals surface area contributed by atoms with Crippen molar-refractivity contribution < 1.29 is 9.18 Å². The van der Waals surface area contributed by atoms with Crippen LogP contribution < -0.4 is 0 Å². The van der Waals surface area contributed by atoms with Crippen molar-refractivity contribution in [2.45, 2.75) is 25.3 Å². The second-order valence-corrected chi connectivity index (χ2v) is 8.56. The Bertz CT molecular complexity index is 940. The summed E-state index contributed by atoms with van der Waals surface area (Å²) in [7, 11) is 1.90. The number of fused-ring (bicyclic) bond motifs is 1. The molecule has 0 bridgehead atoms. The van der Waals surface area contributed by atoms with E-state index in [-0.39, 0.29) is 11.7 Å². The molecule has 0 N–H and O–H groups in total. The first-order valence-corrected chi connectivity index (χ1v) is 10.5. The second kappa shape index (κ2) is 8.37. The number of thiazole rings is 1. The Morgan fingerprint density at radius 3 is 2.96 bits per heavy atom. The lowest BCUT2D eigenvalue weighted by molar-refractivity contribution is -0.133. The van der Waals surface area contributed by atoms with E-state index in [0.717, 1.165) is 42.0 Å². The van der Waals surface area contributed by atoms with E-state index in [0.29, 0.717) is 19.0 Å². The molecule has 0 radical (unpaired) electrons. The fourth-order valence-electron chi connectivity index (χ4n) is 3.80. The number of likely N-dealkylation sites (N-methyl/N-ethyl adjacent to an activating group) is 1. The van der Waals surface area contributed by atoms with Crippen LogP contribution in [0.5, 0.6) is 0 Å². The van der Waals surface area contributed by atoms with E-state index in [9.17, 15) is 9.18 Å². The summed E-state index contributed by atoms with van der Waals surface area (Å²) < 4.78 is 14.6. The largest absolute Gasteiger partial charge is 0.341 e. The van der Waals surface area contributed by atoms with E-state index in [2.05, 4.69) is 6.07 Å². The Balaban J connectivity index is 1.37. The maximum absolute atomic E-state index is 13.4. The van der Waals surface area contributed by atoms with Crippen molar-refractivity contribution in [3.63, 3.8) is 0 Å². The number of para-hydroxylation sites is 1. The van der Waals surface area contributed by atoms with Gasteiger partial charge in [0.1, 0.15) is 5.82 Å². The predicted molar refractivity (Wildman–Crippen MR) is 111 cm³/mol. The van der Waals surface area contributed by atoms with Crippen LogP contribution in [-0.2, 0) is 11.3 Å². The van der Waals surface area contributed by atoms with Gasteiger partial charge in [-0.2, -0.15) is 0 Å². The van der Waals surface area contributed by atoms with Crippen molar-refractivity contribution in [2.75, 3.05) is 26.7 Å². The molecule has 2 aromatic carbocycles. The minimum atomic E-state index is -0.244. The van der Waals surface area contributed by atoms with Gasteiger partial charge in [-0.1, -0.05) is 24.3 Å². The molecule has 6 heteroatoms. The molecular weight excluding hydrogens is 373 g/mol. The van der Waals surface area contributed by atoms with Gasteiger partial charge < -0.3 is 4.90 Å². The molecule has 1 fully saturated rings. The van der Waals surface area contributed by atoms with E-state index in [1.54, 1.807) is 17.4 Å². The van der Waals surface area contributed by atoms with Gasteiger partial charge in [-0.3, -0.25) is 9.69 Å². The van der Waals surface area contributed by atoms with Crippen LogP contribution in [0.25, 0.3) is 10.2 Å². The molecule has 1 amide bonds. The summed E-state index contributed by atoms with van der Waals surface area (Å²) in [4.78, 5) is 21.5. The fraction of sp³-hybridized carbons (Fsp3) is 0.364. The van der Waals surface area contributed by atoms with Gasteiger partial charge in [0.05, 0.1) is 21.8 Å². The van der Waals surface area contributed by atoms with Crippen LogP contribution in [0.2, 0.25) is 0 Å². The predicted octanol–water partition coefficient (Wildman–Crippen LogP) is 4.27. The summed E-state index contributed by atoms with van der Waals surface area (Å²) >= 11 is 1.74. The highest BCUT2D eigenvalue weighted by molar-refractivity contribution is 7.18. The minimum absolute atomic E-state index is 0.129. The van der Waals surface area contributed by atoms with Crippen LogP contribution in [0.4, 0.5) is 4.39 Å². The number of piperidine rings is 1. The van der Waals surface area contributed by atoms with Gasteiger partial charge in [0.2, 0.25) is 5.91 Å². The Hall–Kier alpha value is -2.31. The third-order valence-electron chi connectivity index (χ3n) is 5.18. The van der Waals surface area contributed by atoms with E-state index in [4.69, 9.17) is 4.98 Å². The topological polar surface area (TPSA) is 36.4 Å². The van der Waals surface area contributed by atoms with Gasteiger partial charge in [-0.15, -0.1) is 11.3 Å². The normalized spacial score (nSPS) is 17.4. The molecule has 3 aromatic rings. The zero-order valence-electron chi connectivity index (χ0n) is 16.0. The maximum atomic E-state index is 13.4. The summed E-state index contributed by atoms with van der Waals surface area (Å²) in [5.41, 5.74) is 1.92. The van der Waals surface area contributed by atoms with Crippen molar-refractivity contribution in [3.05, 3.63) is 64.9 Å². The molecule has 1 saturated heterocycles. The molecule has 28 heavy (non-hydrogen) atoms. The summed E-state index contributed by atoms with van der Waals surface area (Å²) in [6.07, 6.45) is 2.07. The quantitative estimate of drug-likeness (QED) is 0.645. The molecule has 4 rings (SSSR count). The Morgan fingerprint density at radius 1 is 1.29 bits per heavy atom. The summed E-state index contributed by atoms with van der Waals surface area (Å²) in [5, 5.41) is 1.13. The molecule has 0 aliphatic carbocycles. The number of amides is 1. The summed E-state index contributed by atoms with van der Waals surface area (Å²) in [5.74, 6) is 0.195. The molecule has 2 heterocycles. The second-order valence-electron chi connectivity index (χ2n) is 7.50. The molecule has 0 spiro atoms. The zero-order valence-corrected chi connectivity index (χ0v) is 16.8. The van der Waals surface area contributed by atoms with E-state index < -0.39 is 0 Å². The number of rotatable bonds is 5. The molecule has 1 aliphatic rings. The lowest BCUT2D eigenvalue weighted by atomic mass is 9.98. The molecular formula is C22H24FN3OS. The van der Waals surface area contributed by atoms with Crippen LogP contribution in [0.15, 0.2) is 48.5 Å². The first kappa shape index (κ1) is 19.0. The van der Waals surface area contributed by atoms with Crippen LogP contribution in [0.1, 0.15) is 29.3 Å². The Morgan fingerprint density at radius 2 is 2.14 bits per heavy atom. The van der Waals surface area contributed by atoms with Crippen molar-refractivity contribution in [1.29, 1.82) is 0 Å². The first-order valence-electron chi connectivity index (χ1n) is 9.65. The van der Waals surface area contributed by atoms with Crippen LogP contribution in [-0.4, -0.2) is 47.4 Å². The monoisotopic (exact) mass is 397 g/mol. The van der Waals surface area contributed by atoms with Gasteiger partial charge in [0.15, 0.2) is 0 Å². The number of carbonyl (C=O) groups excluding carboxylic acids is 1. The van der Waals surface area contributed by atoms with E-state index in [1.807, 2.05) is 41.1 Å². The highest BCUT2D eigenvalue weighted by Crippen LogP contribution is 2.33. The van der Waals surface area contributed by atoms with Gasteiger partial charge >= 0.3 is 0 Å². The SMILES string of the molecule is CN(CC(=O)N1CCC[C@H](c2nc3ccccc3s2)C1)Cc1cccc(F)c1. The standard InChI is InChI=1S/C22H24FN3OS/c1-25(13-16-6-4-8-18(23)12-16)15-21(27)26-11-5-7-17(14-26)22-24-19-9-2-3-10-20(19)28-22/h2-4,6,8-10,12,17H,5,7,11,13-15H2,1H3/t17-/m0/s1. The number of hydrogen-bond acceptors (Lipinski definition) is 4. The van der Waals surface area contributed by atoms with Gasteiger partial charge in [0.25, 0.3) is 0 Å². The van der Waals surface area contributed by atoms with Gasteiger partial charge in [-0.25, -0.2) is 9.37 Å². The number of halogens is 1. The third kappa shape index (κ3) is 4.39. The first-order chi connectivity index (χ1) is 13.6. The van der Waals surface area contributed by atoms with Gasteiger partial charge in [-0.05, 0) is 49.7 Å².